The van der Waals surface area contributed by atoms with Crippen LogP contribution in [-0.4, -0.2) is 29.1 Å². The van der Waals surface area contributed by atoms with Gasteiger partial charge in [0, 0.05) is 34.0 Å². The van der Waals surface area contributed by atoms with Crippen molar-refractivity contribution >= 4 is 34.2 Å². The molecule has 0 unspecified atom stereocenters. The number of H-pyrrole nitrogens is 1. The molecule has 1 aliphatic rings. The van der Waals surface area contributed by atoms with Crippen molar-refractivity contribution in [2.24, 2.45) is 0 Å². The molecule has 0 atom stereocenters. The number of carbonyl (C=O) groups is 1. The maximum absolute atomic E-state index is 12.5. The summed E-state index contributed by atoms with van der Waals surface area (Å²) in [4.78, 5) is 20.4. The minimum atomic E-state index is -0.226. The summed E-state index contributed by atoms with van der Waals surface area (Å²) in [6, 6.07) is 18.1. The van der Waals surface area contributed by atoms with E-state index in [0.29, 0.717) is 46.8 Å². The average Bonchev–Trinajstić information content (AvgIpc) is 3.15. The highest BCUT2D eigenvalue weighted by atomic mass is 35.5. The van der Waals surface area contributed by atoms with Gasteiger partial charge in [-0.3, -0.25) is 4.79 Å². The minimum absolute atomic E-state index is 0.226. The number of benzene rings is 3. The number of aromatic amines is 1. The molecule has 2 heterocycles. The highest BCUT2D eigenvalue weighted by molar-refractivity contribution is 6.31. The van der Waals surface area contributed by atoms with Crippen molar-refractivity contribution in [3.63, 3.8) is 0 Å². The topological polar surface area (TPSA) is 76.2 Å². The molecule has 144 valence electrons. The monoisotopic (exact) mass is 405 g/mol. The van der Waals surface area contributed by atoms with Crippen LogP contribution >= 0.6 is 11.6 Å². The van der Waals surface area contributed by atoms with Gasteiger partial charge in [-0.25, -0.2) is 4.98 Å². The van der Waals surface area contributed by atoms with Gasteiger partial charge in [-0.1, -0.05) is 29.8 Å². The Labute approximate surface area is 171 Å². The van der Waals surface area contributed by atoms with Gasteiger partial charge in [0.2, 0.25) is 0 Å². The van der Waals surface area contributed by atoms with E-state index in [2.05, 4.69) is 15.3 Å². The number of rotatable bonds is 3. The molecule has 0 saturated carbocycles. The Hall–Kier alpha value is -3.51. The SMILES string of the molecule is O=C(Nc1cccc(-c2nc3cc4c(cc3[nH]2)OCCO4)c1)c1cccc(Cl)c1. The van der Waals surface area contributed by atoms with Crippen LogP contribution in [0.3, 0.4) is 0 Å². The second-order valence-corrected chi connectivity index (χ2v) is 7.08. The second-order valence-electron chi connectivity index (χ2n) is 6.64. The highest BCUT2D eigenvalue weighted by Crippen LogP contribution is 2.35. The molecule has 1 amide bonds. The molecular formula is C22H16ClN3O3. The average molecular weight is 406 g/mol. The van der Waals surface area contributed by atoms with E-state index in [0.717, 1.165) is 16.6 Å². The fourth-order valence-corrected chi connectivity index (χ4v) is 3.45. The summed E-state index contributed by atoms with van der Waals surface area (Å²) < 4.78 is 11.3. The van der Waals surface area contributed by atoms with Gasteiger partial charge in [-0.2, -0.15) is 0 Å². The molecule has 0 fully saturated rings. The Balaban J connectivity index is 1.44. The zero-order valence-electron chi connectivity index (χ0n) is 15.2. The highest BCUT2D eigenvalue weighted by Gasteiger charge is 2.15. The molecule has 7 heteroatoms. The number of fused-ring (bicyclic) bond motifs is 2. The van der Waals surface area contributed by atoms with E-state index in [1.807, 2.05) is 36.4 Å². The number of amides is 1. The van der Waals surface area contributed by atoms with Crippen LogP contribution in [-0.2, 0) is 0 Å². The van der Waals surface area contributed by atoms with Gasteiger partial charge in [0.15, 0.2) is 11.5 Å². The standard InChI is InChI=1S/C22H16ClN3O3/c23-15-5-1-4-14(9-15)22(27)24-16-6-2-3-13(10-16)21-25-17-11-19-20(12-18(17)26-21)29-8-7-28-19/h1-6,9-12H,7-8H2,(H,24,27)(H,25,26). The first kappa shape index (κ1) is 17.6. The van der Waals surface area contributed by atoms with Crippen LogP contribution in [0.1, 0.15) is 10.4 Å². The van der Waals surface area contributed by atoms with E-state index in [1.165, 1.54) is 0 Å². The van der Waals surface area contributed by atoms with Crippen molar-refractivity contribution < 1.29 is 14.3 Å². The summed E-state index contributed by atoms with van der Waals surface area (Å²) in [5, 5.41) is 3.41. The maximum Gasteiger partial charge on any atom is 0.255 e. The minimum Gasteiger partial charge on any atom is -0.486 e. The van der Waals surface area contributed by atoms with Crippen LogP contribution in [0.5, 0.6) is 11.5 Å². The fourth-order valence-electron chi connectivity index (χ4n) is 3.26. The number of aromatic nitrogens is 2. The molecule has 3 aromatic carbocycles. The van der Waals surface area contributed by atoms with E-state index in [9.17, 15) is 4.79 Å². The number of hydrogen-bond acceptors (Lipinski definition) is 4. The first-order valence-electron chi connectivity index (χ1n) is 9.12. The molecular weight excluding hydrogens is 390 g/mol. The zero-order valence-corrected chi connectivity index (χ0v) is 16.0. The third-order valence-electron chi connectivity index (χ3n) is 4.63. The van der Waals surface area contributed by atoms with Crippen LogP contribution in [0.4, 0.5) is 5.69 Å². The molecule has 0 aliphatic carbocycles. The third kappa shape index (κ3) is 3.50. The van der Waals surface area contributed by atoms with E-state index in [-0.39, 0.29) is 5.91 Å². The Bertz CT molecular complexity index is 1190. The predicted molar refractivity (Wildman–Crippen MR) is 112 cm³/mol. The summed E-state index contributed by atoms with van der Waals surface area (Å²) in [7, 11) is 0. The molecule has 0 bridgehead atoms. The summed E-state index contributed by atoms with van der Waals surface area (Å²) >= 11 is 5.97. The van der Waals surface area contributed by atoms with Gasteiger partial charge in [0.05, 0.1) is 11.0 Å². The second kappa shape index (κ2) is 7.14. The number of hydrogen-bond donors (Lipinski definition) is 2. The number of anilines is 1. The molecule has 5 rings (SSSR count). The number of nitrogens with one attached hydrogen (secondary N) is 2. The molecule has 29 heavy (non-hydrogen) atoms. The Morgan fingerprint density at radius 2 is 1.79 bits per heavy atom. The molecule has 4 aromatic rings. The van der Waals surface area contributed by atoms with Crippen LogP contribution in [0, 0.1) is 0 Å². The Morgan fingerprint density at radius 1 is 1.00 bits per heavy atom. The molecule has 0 spiro atoms. The van der Waals surface area contributed by atoms with Crippen LogP contribution in [0.25, 0.3) is 22.4 Å². The molecule has 1 aliphatic heterocycles. The molecule has 2 N–H and O–H groups in total. The maximum atomic E-state index is 12.5. The van der Waals surface area contributed by atoms with Gasteiger partial charge >= 0.3 is 0 Å². The lowest BCUT2D eigenvalue weighted by atomic mass is 10.1. The largest absolute Gasteiger partial charge is 0.486 e. The third-order valence-corrected chi connectivity index (χ3v) is 4.86. The fraction of sp³-hybridized carbons (Fsp3) is 0.0909. The lowest BCUT2D eigenvalue weighted by molar-refractivity contribution is 0.102. The van der Waals surface area contributed by atoms with Crippen molar-refractivity contribution in [1.29, 1.82) is 0 Å². The number of carbonyl (C=O) groups excluding carboxylic acids is 1. The normalized spacial score (nSPS) is 12.7. The summed E-state index contributed by atoms with van der Waals surface area (Å²) in [5.41, 5.74) is 3.66. The van der Waals surface area contributed by atoms with Crippen LogP contribution in [0.15, 0.2) is 60.7 Å². The number of halogens is 1. The lowest BCUT2D eigenvalue weighted by Gasteiger charge is -2.17. The van der Waals surface area contributed by atoms with Crippen molar-refractivity contribution in [1.82, 2.24) is 9.97 Å². The Morgan fingerprint density at radius 3 is 2.62 bits per heavy atom. The number of imidazole rings is 1. The first-order chi connectivity index (χ1) is 14.2. The van der Waals surface area contributed by atoms with Crippen molar-refractivity contribution in [2.45, 2.75) is 0 Å². The molecule has 0 radical (unpaired) electrons. The van der Waals surface area contributed by atoms with E-state index in [4.69, 9.17) is 21.1 Å². The quantitative estimate of drug-likeness (QED) is 0.508. The lowest BCUT2D eigenvalue weighted by Crippen LogP contribution is -2.15. The Kier molecular flexibility index (Phi) is 4.33. The van der Waals surface area contributed by atoms with Crippen molar-refractivity contribution in [3.05, 3.63) is 71.2 Å². The molecule has 0 saturated heterocycles. The smallest absolute Gasteiger partial charge is 0.255 e. The molecule has 1 aromatic heterocycles. The van der Waals surface area contributed by atoms with Crippen molar-refractivity contribution in [3.8, 4) is 22.9 Å². The predicted octanol–water partition coefficient (Wildman–Crippen LogP) is 4.91. The van der Waals surface area contributed by atoms with Crippen LogP contribution < -0.4 is 14.8 Å². The summed E-state index contributed by atoms with van der Waals surface area (Å²) in [6.07, 6.45) is 0. The van der Waals surface area contributed by atoms with Crippen molar-refractivity contribution in [2.75, 3.05) is 18.5 Å². The van der Waals surface area contributed by atoms with E-state index in [1.54, 1.807) is 24.3 Å². The molecule has 6 nitrogen and oxygen atoms in total. The number of ether oxygens (including phenoxy) is 2. The van der Waals surface area contributed by atoms with E-state index < -0.39 is 0 Å². The van der Waals surface area contributed by atoms with Gasteiger partial charge < -0.3 is 19.8 Å². The van der Waals surface area contributed by atoms with Gasteiger partial charge in [-0.15, -0.1) is 0 Å². The number of nitrogens with zero attached hydrogens (tertiary/aromatic N) is 1. The van der Waals surface area contributed by atoms with Gasteiger partial charge in [0.25, 0.3) is 5.91 Å². The van der Waals surface area contributed by atoms with Crippen LogP contribution in [0.2, 0.25) is 5.02 Å². The van der Waals surface area contributed by atoms with Gasteiger partial charge in [-0.05, 0) is 30.3 Å². The van der Waals surface area contributed by atoms with E-state index >= 15 is 0 Å². The summed E-state index contributed by atoms with van der Waals surface area (Å²) in [5.74, 6) is 1.88. The first-order valence-corrected chi connectivity index (χ1v) is 9.50. The zero-order chi connectivity index (χ0) is 19.8. The van der Waals surface area contributed by atoms with Gasteiger partial charge in [0.1, 0.15) is 19.0 Å². The summed E-state index contributed by atoms with van der Waals surface area (Å²) in [6.45, 7) is 1.07.